The fourth-order valence-electron chi connectivity index (χ4n) is 5.63. The normalized spacial score (nSPS) is 26.5. The predicted molar refractivity (Wildman–Crippen MR) is 160 cm³/mol. The molecule has 11 nitrogen and oxygen atoms in total. The molecule has 0 bridgehead atoms. The summed E-state index contributed by atoms with van der Waals surface area (Å²) < 4.78 is 41.4. The zero-order chi connectivity index (χ0) is 34.2. The number of hydrogen-bond acceptors (Lipinski definition) is 7. The van der Waals surface area contributed by atoms with E-state index in [1.54, 1.807) is 13.8 Å². The van der Waals surface area contributed by atoms with Gasteiger partial charge in [0.2, 0.25) is 23.6 Å². The summed E-state index contributed by atoms with van der Waals surface area (Å²) in [5, 5.41) is 8.40. The monoisotopic (exact) mass is 652 g/mol. The van der Waals surface area contributed by atoms with Gasteiger partial charge in [-0.05, 0) is 51.0 Å². The lowest BCUT2D eigenvalue weighted by atomic mass is 9.94. The van der Waals surface area contributed by atoms with E-state index >= 15 is 0 Å². The van der Waals surface area contributed by atoms with Crippen LogP contribution in [0.25, 0.3) is 0 Å². The number of Topliss-reactive ketones (excluding diaryl/α,β-unsaturated/α-hetero) is 1. The van der Waals surface area contributed by atoms with Crippen LogP contribution in [0.5, 0.6) is 0 Å². The number of amides is 4. The third kappa shape index (κ3) is 9.52. The molecule has 0 radical (unpaired) electrons. The molecule has 2 fully saturated rings. The van der Waals surface area contributed by atoms with Gasteiger partial charge in [0.15, 0.2) is 11.9 Å². The molecule has 6 atom stereocenters. The molecular formula is C32H43F3N4O7. The van der Waals surface area contributed by atoms with Gasteiger partial charge in [-0.3, -0.25) is 24.0 Å². The number of ketones is 1. The smallest absolute Gasteiger partial charge is 0.448 e. The van der Waals surface area contributed by atoms with Crippen LogP contribution in [0.2, 0.25) is 0 Å². The topological polar surface area (TPSA) is 151 Å². The Morgan fingerprint density at radius 3 is 2.33 bits per heavy atom. The van der Waals surface area contributed by atoms with E-state index in [-0.39, 0.29) is 43.9 Å². The second-order valence-electron chi connectivity index (χ2n) is 12.4. The Balaban J connectivity index is 1.73. The highest BCUT2D eigenvalue weighted by molar-refractivity contribution is 5.99. The predicted octanol–water partition coefficient (Wildman–Crippen LogP) is 2.75. The van der Waals surface area contributed by atoms with Crippen molar-refractivity contribution in [2.45, 2.75) is 115 Å². The second kappa shape index (κ2) is 15.5. The maximum absolute atomic E-state index is 13.9. The molecule has 2 saturated heterocycles. The summed E-state index contributed by atoms with van der Waals surface area (Å²) in [4.78, 5) is 79.3. The number of unbranched alkanes of at least 4 members (excludes halogenated alkanes) is 2. The molecule has 14 heteroatoms. The van der Waals surface area contributed by atoms with Crippen molar-refractivity contribution in [3.05, 3.63) is 35.9 Å². The van der Waals surface area contributed by atoms with Crippen molar-refractivity contribution in [1.29, 1.82) is 0 Å². The molecule has 0 aromatic heterocycles. The molecule has 2 aliphatic rings. The molecule has 1 aromatic rings. The van der Waals surface area contributed by atoms with Crippen LogP contribution in [-0.4, -0.2) is 82.8 Å². The molecule has 2 aliphatic heterocycles. The third-order valence-corrected chi connectivity index (χ3v) is 8.61. The Morgan fingerprint density at radius 2 is 1.70 bits per heavy atom. The highest BCUT2D eigenvalue weighted by Crippen LogP contribution is 2.26. The maximum Gasteiger partial charge on any atom is 0.490 e. The van der Waals surface area contributed by atoms with E-state index in [2.05, 4.69) is 20.7 Å². The number of ether oxygens (including phenoxy) is 1. The average Bonchev–Trinajstić information content (AvgIpc) is 3.40. The van der Waals surface area contributed by atoms with E-state index in [1.807, 2.05) is 37.3 Å². The lowest BCUT2D eigenvalue weighted by Crippen LogP contribution is -2.65. The quantitative estimate of drug-likeness (QED) is 0.246. The van der Waals surface area contributed by atoms with Crippen molar-refractivity contribution in [2.75, 3.05) is 6.54 Å². The van der Waals surface area contributed by atoms with Crippen molar-refractivity contribution in [1.82, 2.24) is 20.9 Å². The van der Waals surface area contributed by atoms with Gasteiger partial charge in [-0.15, -0.1) is 0 Å². The van der Waals surface area contributed by atoms with E-state index in [0.29, 0.717) is 25.8 Å². The SMILES string of the molecule is CC[C@]1(C)NC(=O)[C@H](CCCCCC(=O)[C@H](C)OC(=O)C(F)(F)F)NC(=O)[C@H]2C[C@H](C)CN2C(=O)C(Cc2ccccc2)NC1=O. The Bertz CT molecular complexity index is 1290. The highest BCUT2D eigenvalue weighted by Gasteiger charge is 2.45. The minimum absolute atomic E-state index is 0.00132. The molecule has 0 spiro atoms. The lowest BCUT2D eigenvalue weighted by molar-refractivity contribution is -0.204. The van der Waals surface area contributed by atoms with Crippen LogP contribution in [0, 0.1) is 5.92 Å². The van der Waals surface area contributed by atoms with Crippen molar-refractivity contribution in [3.8, 4) is 0 Å². The molecule has 0 aliphatic carbocycles. The van der Waals surface area contributed by atoms with Crippen LogP contribution >= 0.6 is 0 Å². The van der Waals surface area contributed by atoms with E-state index in [1.165, 1.54) is 4.90 Å². The Hall–Kier alpha value is -3.97. The van der Waals surface area contributed by atoms with Crippen LogP contribution < -0.4 is 16.0 Å². The van der Waals surface area contributed by atoms with Gasteiger partial charge in [-0.25, -0.2) is 4.79 Å². The number of nitrogens with zero attached hydrogens (tertiary/aromatic N) is 1. The van der Waals surface area contributed by atoms with Gasteiger partial charge in [-0.1, -0.05) is 57.0 Å². The van der Waals surface area contributed by atoms with Crippen LogP contribution in [0.4, 0.5) is 13.2 Å². The van der Waals surface area contributed by atoms with Crippen LogP contribution in [-0.2, 0) is 39.9 Å². The number of nitrogens with one attached hydrogen (secondary N) is 3. The number of esters is 1. The van der Waals surface area contributed by atoms with Gasteiger partial charge in [0.05, 0.1) is 0 Å². The van der Waals surface area contributed by atoms with Crippen LogP contribution in [0.3, 0.4) is 0 Å². The standard InChI is InChI=1S/C32H43F3N4O7/c1-5-31(4)29(44)37-23(17-21-12-8-6-9-13-21)28(43)39-18-19(2)16-24(39)27(42)36-22(26(41)38-31)14-10-7-11-15-25(40)20(3)46-30(45)32(33,34)35/h6,8-9,12-13,19-20,22-24H,5,7,10-11,14-18H2,1-4H3,(H,36,42)(H,37,44)(H,38,41)/t19-,20-,22-,23?,24+,31-/m0/s1. The minimum atomic E-state index is -5.20. The van der Waals surface area contributed by atoms with Gasteiger partial charge >= 0.3 is 12.1 Å². The number of rotatable bonds is 11. The molecule has 3 rings (SSSR count). The molecule has 254 valence electrons. The Kier molecular flexibility index (Phi) is 12.3. The fourth-order valence-corrected chi connectivity index (χ4v) is 5.63. The first-order valence-corrected chi connectivity index (χ1v) is 15.6. The first-order valence-electron chi connectivity index (χ1n) is 15.6. The number of benzene rings is 1. The minimum Gasteiger partial charge on any atom is -0.448 e. The number of carbonyl (C=O) groups excluding carboxylic acids is 6. The Morgan fingerprint density at radius 1 is 1.02 bits per heavy atom. The largest absolute Gasteiger partial charge is 0.490 e. The summed E-state index contributed by atoms with van der Waals surface area (Å²) in [5.74, 6) is -5.10. The summed E-state index contributed by atoms with van der Waals surface area (Å²) >= 11 is 0. The van der Waals surface area contributed by atoms with Gasteiger partial charge < -0.3 is 25.6 Å². The third-order valence-electron chi connectivity index (χ3n) is 8.61. The summed E-state index contributed by atoms with van der Waals surface area (Å²) in [6.07, 6.45) is -5.03. The molecule has 46 heavy (non-hydrogen) atoms. The number of halogens is 3. The average molecular weight is 653 g/mol. The molecule has 4 amide bonds. The van der Waals surface area contributed by atoms with Gasteiger partial charge in [-0.2, -0.15) is 13.2 Å². The van der Waals surface area contributed by atoms with E-state index in [0.717, 1.165) is 12.5 Å². The van der Waals surface area contributed by atoms with Crippen LogP contribution in [0.1, 0.15) is 78.2 Å². The number of carbonyl (C=O) groups is 6. The summed E-state index contributed by atoms with van der Waals surface area (Å²) in [6.45, 7) is 6.56. The number of hydrogen-bond donors (Lipinski definition) is 3. The molecule has 1 unspecified atom stereocenters. The van der Waals surface area contributed by atoms with Crippen molar-refractivity contribution < 1.29 is 46.7 Å². The fraction of sp³-hybridized carbons (Fsp3) is 0.625. The van der Waals surface area contributed by atoms with E-state index in [9.17, 15) is 41.9 Å². The Labute approximate surface area is 266 Å². The second-order valence-corrected chi connectivity index (χ2v) is 12.4. The van der Waals surface area contributed by atoms with Gasteiger partial charge in [0.1, 0.15) is 23.7 Å². The van der Waals surface area contributed by atoms with Crippen LogP contribution in [0.15, 0.2) is 30.3 Å². The molecule has 3 N–H and O–H groups in total. The van der Waals surface area contributed by atoms with Crippen molar-refractivity contribution >= 4 is 35.4 Å². The molecular weight excluding hydrogens is 609 g/mol. The lowest BCUT2D eigenvalue weighted by Gasteiger charge is -2.36. The molecule has 0 saturated carbocycles. The number of alkyl halides is 3. The molecule has 1 aromatic carbocycles. The first kappa shape index (κ1) is 36.5. The first-order chi connectivity index (χ1) is 21.6. The summed E-state index contributed by atoms with van der Waals surface area (Å²) in [7, 11) is 0. The zero-order valence-corrected chi connectivity index (χ0v) is 26.6. The number of fused-ring (bicyclic) bond motifs is 1. The zero-order valence-electron chi connectivity index (χ0n) is 26.6. The van der Waals surface area contributed by atoms with E-state index in [4.69, 9.17) is 0 Å². The van der Waals surface area contributed by atoms with Gasteiger partial charge in [0, 0.05) is 19.4 Å². The van der Waals surface area contributed by atoms with Crippen molar-refractivity contribution in [3.63, 3.8) is 0 Å². The van der Waals surface area contributed by atoms with E-state index < -0.39 is 65.4 Å². The van der Waals surface area contributed by atoms with Crippen molar-refractivity contribution in [2.24, 2.45) is 5.92 Å². The summed E-state index contributed by atoms with van der Waals surface area (Å²) in [5.41, 5.74) is -0.579. The molecule has 2 heterocycles. The summed E-state index contributed by atoms with van der Waals surface area (Å²) in [6, 6.07) is 6.33. The maximum atomic E-state index is 13.9. The highest BCUT2D eigenvalue weighted by atomic mass is 19.4. The van der Waals surface area contributed by atoms with Gasteiger partial charge in [0.25, 0.3) is 0 Å².